The van der Waals surface area contributed by atoms with Crippen molar-refractivity contribution in [3.8, 4) is 5.69 Å². The Morgan fingerprint density at radius 2 is 1.95 bits per heavy atom. The fourth-order valence-electron chi connectivity index (χ4n) is 3.26. The zero-order valence-electron chi connectivity index (χ0n) is 13.4. The number of nitrogens with zero attached hydrogens (tertiary/aromatic N) is 3. The van der Waals surface area contributed by atoms with Crippen molar-refractivity contribution in [3.05, 3.63) is 48.5 Å². The first-order valence-electron chi connectivity index (χ1n) is 8.31. The molecule has 0 bridgehead atoms. The topological polar surface area (TPSA) is 33.1 Å². The Balaban J connectivity index is 1.58. The second kappa shape index (κ2) is 7.56. The molecule has 4 nitrogen and oxygen atoms in total. The van der Waals surface area contributed by atoms with E-state index >= 15 is 0 Å². The van der Waals surface area contributed by atoms with Crippen LogP contribution in [0.2, 0.25) is 0 Å². The van der Waals surface area contributed by atoms with Gasteiger partial charge in [-0.1, -0.05) is 18.2 Å². The van der Waals surface area contributed by atoms with Gasteiger partial charge in [0, 0.05) is 18.1 Å². The smallest absolute Gasteiger partial charge is 0.127 e. The van der Waals surface area contributed by atoms with Gasteiger partial charge in [-0.3, -0.25) is 4.90 Å². The minimum Gasteiger partial charge on any atom is -0.320 e. The largest absolute Gasteiger partial charge is 0.320 e. The number of hydrogen-bond donors (Lipinski definition) is 1. The third-order valence-electron chi connectivity index (χ3n) is 4.63. The molecule has 1 saturated heterocycles. The van der Waals surface area contributed by atoms with Crippen LogP contribution in [0.4, 0.5) is 0 Å². The van der Waals surface area contributed by atoms with Crippen molar-refractivity contribution in [2.45, 2.75) is 25.8 Å². The molecule has 0 atom stereocenters. The van der Waals surface area contributed by atoms with E-state index in [4.69, 9.17) is 0 Å². The first-order chi connectivity index (χ1) is 10.9. The fraction of sp³-hybridized carbons (Fsp3) is 0.500. The normalized spacial score (nSPS) is 17.0. The molecule has 2 heterocycles. The SMILES string of the molecule is CNCCC1CCN(Cc2nccn2-c2ccccc2)CC1. The van der Waals surface area contributed by atoms with E-state index in [9.17, 15) is 0 Å². The minimum atomic E-state index is 0.887. The third-order valence-corrected chi connectivity index (χ3v) is 4.63. The molecule has 0 saturated carbocycles. The molecule has 4 heteroatoms. The number of likely N-dealkylation sites (tertiary alicyclic amines) is 1. The Morgan fingerprint density at radius 1 is 1.18 bits per heavy atom. The van der Waals surface area contributed by atoms with Crippen molar-refractivity contribution in [2.75, 3.05) is 26.7 Å². The van der Waals surface area contributed by atoms with Crippen molar-refractivity contribution in [1.82, 2.24) is 19.8 Å². The summed E-state index contributed by atoms with van der Waals surface area (Å²) in [6.45, 7) is 4.47. The van der Waals surface area contributed by atoms with Crippen LogP contribution < -0.4 is 5.32 Å². The van der Waals surface area contributed by atoms with Gasteiger partial charge in [0.2, 0.25) is 0 Å². The maximum atomic E-state index is 4.57. The van der Waals surface area contributed by atoms with E-state index in [0.717, 1.165) is 24.8 Å². The number of nitrogens with one attached hydrogen (secondary N) is 1. The highest BCUT2D eigenvalue weighted by molar-refractivity contribution is 5.32. The molecule has 118 valence electrons. The van der Waals surface area contributed by atoms with E-state index in [-0.39, 0.29) is 0 Å². The summed E-state index contributed by atoms with van der Waals surface area (Å²) in [6.07, 6.45) is 7.90. The number of piperidine rings is 1. The van der Waals surface area contributed by atoms with Gasteiger partial charge in [-0.05, 0) is 64.0 Å². The molecule has 0 unspecified atom stereocenters. The fourth-order valence-corrected chi connectivity index (χ4v) is 3.26. The molecule has 0 amide bonds. The van der Waals surface area contributed by atoms with E-state index in [1.54, 1.807) is 0 Å². The van der Waals surface area contributed by atoms with E-state index in [1.807, 2.05) is 13.2 Å². The Kier molecular flexibility index (Phi) is 5.24. The number of aromatic nitrogens is 2. The van der Waals surface area contributed by atoms with Crippen molar-refractivity contribution in [2.24, 2.45) is 5.92 Å². The Morgan fingerprint density at radius 3 is 2.68 bits per heavy atom. The average Bonchev–Trinajstić information content (AvgIpc) is 3.03. The van der Waals surface area contributed by atoms with Crippen molar-refractivity contribution in [1.29, 1.82) is 0 Å². The van der Waals surface area contributed by atoms with Crippen LogP contribution >= 0.6 is 0 Å². The third kappa shape index (κ3) is 3.76. The van der Waals surface area contributed by atoms with Gasteiger partial charge in [-0.2, -0.15) is 0 Å². The van der Waals surface area contributed by atoms with Gasteiger partial charge in [-0.15, -0.1) is 0 Å². The van der Waals surface area contributed by atoms with Crippen LogP contribution in [0.15, 0.2) is 42.7 Å². The number of benzene rings is 1. The molecular weight excluding hydrogens is 272 g/mol. The van der Waals surface area contributed by atoms with Crippen LogP contribution in [0, 0.1) is 5.92 Å². The lowest BCUT2D eigenvalue weighted by Gasteiger charge is -2.31. The predicted octanol–water partition coefficient (Wildman–Crippen LogP) is 2.69. The van der Waals surface area contributed by atoms with Gasteiger partial charge in [0.1, 0.15) is 5.82 Å². The van der Waals surface area contributed by atoms with Gasteiger partial charge < -0.3 is 9.88 Å². The summed E-state index contributed by atoms with van der Waals surface area (Å²) in [5.41, 5.74) is 1.19. The standard InChI is InChI=1S/C18H26N4/c1-19-10-7-16-8-12-21(13-9-16)15-18-20-11-14-22(18)17-5-3-2-4-6-17/h2-6,11,14,16,19H,7-10,12-13,15H2,1H3. The molecule has 1 aromatic carbocycles. The van der Waals surface area contributed by atoms with Gasteiger partial charge in [0.05, 0.1) is 6.54 Å². The van der Waals surface area contributed by atoms with Crippen molar-refractivity contribution >= 4 is 0 Å². The second-order valence-corrected chi connectivity index (χ2v) is 6.16. The second-order valence-electron chi connectivity index (χ2n) is 6.16. The molecular formula is C18H26N4. The van der Waals surface area contributed by atoms with Crippen molar-refractivity contribution in [3.63, 3.8) is 0 Å². The van der Waals surface area contributed by atoms with Gasteiger partial charge in [-0.25, -0.2) is 4.98 Å². The summed E-state index contributed by atoms with van der Waals surface area (Å²) < 4.78 is 2.20. The van der Waals surface area contributed by atoms with Gasteiger partial charge in [0.25, 0.3) is 0 Å². The van der Waals surface area contributed by atoms with Crippen LogP contribution in [0.5, 0.6) is 0 Å². The molecule has 0 spiro atoms. The molecule has 1 fully saturated rings. The monoisotopic (exact) mass is 298 g/mol. The molecule has 1 aromatic heterocycles. The summed E-state index contributed by atoms with van der Waals surface area (Å²) in [4.78, 5) is 7.11. The summed E-state index contributed by atoms with van der Waals surface area (Å²) in [5, 5.41) is 3.26. The zero-order chi connectivity index (χ0) is 15.2. The van der Waals surface area contributed by atoms with E-state index in [0.29, 0.717) is 0 Å². The Hall–Kier alpha value is -1.65. The maximum Gasteiger partial charge on any atom is 0.127 e. The molecule has 2 aromatic rings. The first kappa shape index (κ1) is 15.3. The molecule has 0 aliphatic carbocycles. The van der Waals surface area contributed by atoms with Crippen LogP contribution in [0.3, 0.4) is 0 Å². The molecule has 3 rings (SSSR count). The van der Waals surface area contributed by atoms with Crippen LogP contribution in [0.1, 0.15) is 25.1 Å². The van der Waals surface area contributed by atoms with Crippen LogP contribution in [0.25, 0.3) is 5.69 Å². The lowest BCUT2D eigenvalue weighted by molar-refractivity contribution is 0.168. The first-order valence-corrected chi connectivity index (χ1v) is 8.31. The number of rotatable bonds is 6. The Bertz CT molecular complexity index is 555. The number of imidazole rings is 1. The number of hydrogen-bond acceptors (Lipinski definition) is 3. The van der Waals surface area contributed by atoms with E-state index in [2.05, 4.69) is 56.3 Å². The predicted molar refractivity (Wildman–Crippen MR) is 90.1 cm³/mol. The molecule has 1 aliphatic heterocycles. The van der Waals surface area contributed by atoms with E-state index in [1.165, 1.54) is 38.0 Å². The van der Waals surface area contributed by atoms with E-state index < -0.39 is 0 Å². The van der Waals surface area contributed by atoms with Crippen LogP contribution in [-0.4, -0.2) is 41.1 Å². The maximum absolute atomic E-state index is 4.57. The summed E-state index contributed by atoms with van der Waals surface area (Å²) >= 11 is 0. The average molecular weight is 298 g/mol. The van der Waals surface area contributed by atoms with Crippen LogP contribution in [-0.2, 0) is 6.54 Å². The highest BCUT2D eigenvalue weighted by Crippen LogP contribution is 2.21. The molecule has 1 N–H and O–H groups in total. The highest BCUT2D eigenvalue weighted by atomic mass is 15.2. The molecule has 0 radical (unpaired) electrons. The summed E-state index contributed by atoms with van der Waals surface area (Å²) in [7, 11) is 2.04. The quantitative estimate of drug-likeness (QED) is 0.890. The van der Waals surface area contributed by atoms with Gasteiger partial charge >= 0.3 is 0 Å². The van der Waals surface area contributed by atoms with Crippen molar-refractivity contribution < 1.29 is 0 Å². The summed E-state index contributed by atoms with van der Waals surface area (Å²) in [6, 6.07) is 10.5. The number of para-hydroxylation sites is 1. The lowest BCUT2D eigenvalue weighted by Crippen LogP contribution is -2.34. The molecule has 1 aliphatic rings. The van der Waals surface area contributed by atoms with Gasteiger partial charge in [0.15, 0.2) is 0 Å². The highest BCUT2D eigenvalue weighted by Gasteiger charge is 2.20. The zero-order valence-corrected chi connectivity index (χ0v) is 13.4. The molecule has 22 heavy (non-hydrogen) atoms. The minimum absolute atomic E-state index is 0.887. The summed E-state index contributed by atoms with van der Waals surface area (Å²) in [5.74, 6) is 2.03. The lowest BCUT2D eigenvalue weighted by atomic mass is 9.93. The Labute approximate surface area is 133 Å².